The molecule has 0 N–H and O–H groups in total. The Labute approximate surface area is 170 Å². The van der Waals surface area contributed by atoms with Gasteiger partial charge in [0.05, 0.1) is 20.3 Å². The van der Waals surface area contributed by atoms with Gasteiger partial charge in [-0.1, -0.05) is 6.07 Å². The van der Waals surface area contributed by atoms with Gasteiger partial charge >= 0.3 is 0 Å². The summed E-state index contributed by atoms with van der Waals surface area (Å²) in [6.45, 7) is 1.85. The average Bonchev–Trinajstić information content (AvgIpc) is 3.27. The van der Waals surface area contributed by atoms with Crippen LogP contribution in [-0.4, -0.2) is 44.8 Å². The van der Waals surface area contributed by atoms with Crippen molar-refractivity contribution in [2.24, 2.45) is 0 Å². The lowest BCUT2D eigenvalue weighted by atomic mass is 10.0. The van der Waals surface area contributed by atoms with E-state index in [9.17, 15) is 4.79 Å². The number of carbonyl (C=O) groups is 1. The number of ether oxygens (including phenoxy) is 4. The molecule has 2 heterocycles. The second-order valence-corrected chi connectivity index (χ2v) is 7.03. The molecule has 1 amide bonds. The topological polar surface area (TPSA) is 57.2 Å². The zero-order valence-corrected chi connectivity index (χ0v) is 16.7. The second-order valence-electron chi connectivity index (χ2n) is 7.03. The fraction of sp³-hybridized carbons (Fsp3) is 0.348. The smallest absolute Gasteiger partial charge is 0.247 e. The maximum Gasteiger partial charge on any atom is 0.247 e. The Morgan fingerprint density at radius 2 is 1.90 bits per heavy atom. The van der Waals surface area contributed by atoms with E-state index in [4.69, 9.17) is 18.9 Å². The monoisotopic (exact) mass is 395 g/mol. The number of hydrogen-bond acceptors (Lipinski definition) is 5. The van der Waals surface area contributed by atoms with E-state index in [0.717, 1.165) is 42.0 Å². The van der Waals surface area contributed by atoms with E-state index in [1.165, 1.54) is 0 Å². The van der Waals surface area contributed by atoms with Crippen LogP contribution in [0.15, 0.2) is 42.5 Å². The Bertz CT molecular complexity index is 923. The van der Waals surface area contributed by atoms with Crippen molar-refractivity contribution in [3.8, 4) is 23.0 Å². The molecule has 0 radical (unpaired) electrons. The van der Waals surface area contributed by atoms with Gasteiger partial charge in [0, 0.05) is 18.2 Å². The molecule has 1 unspecified atom stereocenters. The Morgan fingerprint density at radius 3 is 2.69 bits per heavy atom. The quantitative estimate of drug-likeness (QED) is 0.720. The van der Waals surface area contributed by atoms with E-state index in [1.807, 2.05) is 41.3 Å². The predicted molar refractivity (Wildman–Crippen MR) is 110 cm³/mol. The van der Waals surface area contributed by atoms with Crippen molar-refractivity contribution in [3.05, 3.63) is 53.6 Å². The number of nitrogens with zero attached hydrogens (tertiary/aromatic N) is 1. The lowest BCUT2D eigenvalue weighted by molar-refractivity contribution is -0.126. The Kier molecular flexibility index (Phi) is 5.60. The van der Waals surface area contributed by atoms with E-state index < -0.39 is 0 Å². The van der Waals surface area contributed by atoms with Crippen molar-refractivity contribution in [2.75, 3.05) is 34.0 Å². The molecule has 2 aromatic rings. The highest BCUT2D eigenvalue weighted by molar-refractivity contribution is 5.92. The van der Waals surface area contributed by atoms with Gasteiger partial charge < -0.3 is 23.8 Å². The third kappa shape index (κ3) is 4.01. The summed E-state index contributed by atoms with van der Waals surface area (Å²) in [7, 11) is 3.22. The summed E-state index contributed by atoms with van der Waals surface area (Å²) in [5.41, 5.74) is 1.88. The first-order valence-electron chi connectivity index (χ1n) is 9.80. The number of fused-ring (bicyclic) bond motifs is 1. The molecular formula is C23H25NO5. The van der Waals surface area contributed by atoms with Gasteiger partial charge in [0.2, 0.25) is 5.91 Å². The van der Waals surface area contributed by atoms with Gasteiger partial charge in [-0.25, -0.2) is 0 Å². The lowest BCUT2D eigenvalue weighted by Crippen LogP contribution is -2.29. The minimum Gasteiger partial charge on any atom is -0.497 e. The third-order valence-electron chi connectivity index (χ3n) is 5.33. The van der Waals surface area contributed by atoms with Crippen LogP contribution < -0.4 is 18.9 Å². The molecule has 1 atom stereocenters. The van der Waals surface area contributed by atoms with Gasteiger partial charge in [0.1, 0.15) is 24.7 Å². The summed E-state index contributed by atoms with van der Waals surface area (Å²) in [6.07, 6.45) is 5.29. The molecule has 2 aromatic carbocycles. The summed E-state index contributed by atoms with van der Waals surface area (Å²) in [5, 5.41) is 0. The van der Waals surface area contributed by atoms with Crippen molar-refractivity contribution >= 4 is 12.0 Å². The molecule has 0 aromatic heterocycles. The van der Waals surface area contributed by atoms with Crippen molar-refractivity contribution in [3.63, 3.8) is 0 Å². The molecule has 4 rings (SSSR count). The summed E-state index contributed by atoms with van der Waals surface area (Å²) < 4.78 is 22.0. The summed E-state index contributed by atoms with van der Waals surface area (Å²) in [5.74, 6) is 2.91. The Hall–Kier alpha value is -3.15. The zero-order chi connectivity index (χ0) is 20.2. The molecular weight excluding hydrogens is 370 g/mol. The van der Waals surface area contributed by atoms with E-state index in [1.54, 1.807) is 26.4 Å². The molecule has 6 heteroatoms. The number of methoxy groups -OCH3 is 2. The zero-order valence-electron chi connectivity index (χ0n) is 16.7. The van der Waals surface area contributed by atoms with E-state index in [2.05, 4.69) is 0 Å². The van der Waals surface area contributed by atoms with Gasteiger partial charge in [-0.05, 0) is 54.8 Å². The fourth-order valence-electron chi connectivity index (χ4n) is 3.87. The van der Waals surface area contributed by atoms with Crippen LogP contribution in [0.1, 0.15) is 30.0 Å². The van der Waals surface area contributed by atoms with Crippen molar-refractivity contribution in [1.82, 2.24) is 4.90 Å². The van der Waals surface area contributed by atoms with Crippen LogP contribution in [0.25, 0.3) is 6.08 Å². The summed E-state index contributed by atoms with van der Waals surface area (Å²) >= 11 is 0. The molecule has 1 saturated heterocycles. The SMILES string of the molecule is COc1ccc(OC)c(/C=C/C(=O)N2CCCC2c2ccc3c(c2)OCCO3)c1. The standard InChI is InChI=1S/C23H25NO5/c1-26-18-7-9-20(27-2)17(14-18)6-10-23(25)24-11-3-4-19(24)16-5-8-21-22(15-16)29-13-12-28-21/h5-10,14-15,19H,3-4,11-13H2,1-2H3/b10-6+. The second kappa shape index (κ2) is 8.47. The maximum atomic E-state index is 13.0. The van der Waals surface area contributed by atoms with Crippen LogP contribution in [0.3, 0.4) is 0 Å². The molecule has 2 aliphatic heterocycles. The number of benzene rings is 2. The minimum absolute atomic E-state index is 0.0211. The third-order valence-corrected chi connectivity index (χ3v) is 5.33. The van der Waals surface area contributed by atoms with Gasteiger partial charge in [0.15, 0.2) is 11.5 Å². The normalized spacial score (nSPS) is 18.1. The highest BCUT2D eigenvalue weighted by Gasteiger charge is 2.29. The van der Waals surface area contributed by atoms with Gasteiger partial charge in [-0.2, -0.15) is 0 Å². The first kappa shape index (κ1) is 19.2. The van der Waals surface area contributed by atoms with E-state index in [-0.39, 0.29) is 11.9 Å². The molecule has 1 fully saturated rings. The molecule has 0 spiro atoms. The fourth-order valence-corrected chi connectivity index (χ4v) is 3.87. The molecule has 0 saturated carbocycles. The van der Waals surface area contributed by atoms with E-state index >= 15 is 0 Å². The number of carbonyl (C=O) groups excluding carboxylic acids is 1. The van der Waals surface area contributed by atoms with Crippen LogP contribution in [0, 0.1) is 0 Å². The van der Waals surface area contributed by atoms with Crippen LogP contribution >= 0.6 is 0 Å². The van der Waals surface area contributed by atoms with Gasteiger partial charge in [-0.15, -0.1) is 0 Å². The average molecular weight is 395 g/mol. The highest BCUT2D eigenvalue weighted by atomic mass is 16.6. The molecule has 152 valence electrons. The largest absolute Gasteiger partial charge is 0.497 e. The number of rotatable bonds is 5. The van der Waals surface area contributed by atoms with Gasteiger partial charge in [-0.3, -0.25) is 4.79 Å². The molecule has 0 bridgehead atoms. The Balaban J connectivity index is 1.53. The van der Waals surface area contributed by atoms with E-state index in [0.29, 0.717) is 24.7 Å². The Morgan fingerprint density at radius 1 is 1.07 bits per heavy atom. The minimum atomic E-state index is -0.0211. The van der Waals surface area contributed by atoms with Crippen LogP contribution in [0.2, 0.25) is 0 Å². The highest BCUT2D eigenvalue weighted by Crippen LogP contribution is 2.38. The number of likely N-dealkylation sites (tertiary alicyclic amines) is 1. The summed E-state index contributed by atoms with van der Waals surface area (Å²) in [4.78, 5) is 14.9. The molecule has 29 heavy (non-hydrogen) atoms. The van der Waals surface area contributed by atoms with Crippen LogP contribution in [0.5, 0.6) is 23.0 Å². The number of hydrogen-bond donors (Lipinski definition) is 0. The first-order chi connectivity index (χ1) is 14.2. The molecule has 0 aliphatic carbocycles. The summed E-state index contributed by atoms with van der Waals surface area (Å²) in [6, 6.07) is 11.5. The van der Waals surface area contributed by atoms with Crippen molar-refractivity contribution in [2.45, 2.75) is 18.9 Å². The van der Waals surface area contributed by atoms with Gasteiger partial charge in [0.25, 0.3) is 0 Å². The number of amides is 1. The maximum absolute atomic E-state index is 13.0. The first-order valence-corrected chi connectivity index (χ1v) is 9.80. The van der Waals surface area contributed by atoms with Crippen LogP contribution in [0.4, 0.5) is 0 Å². The molecule has 2 aliphatic rings. The lowest BCUT2D eigenvalue weighted by Gasteiger charge is -2.26. The van der Waals surface area contributed by atoms with Crippen molar-refractivity contribution in [1.29, 1.82) is 0 Å². The van der Waals surface area contributed by atoms with Crippen molar-refractivity contribution < 1.29 is 23.7 Å². The van der Waals surface area contributed by atoms with Crippen LogP contribution in [-0.2, 0) is 4.79 Å². The molecule has 6 nitrogen and oxygen atoms in total. The predicted octanol–water partition coefficient (Wildman–Crippen LogP) is 3.85.